The monoisotopic (exact) mass is 499 g/mol. The Morgan fingerprint density at radius 3 is 2.25 bits per heavy atom. The predicted octanol–water partition coefficient (Wildman–Crippen LogP) is 1.94. The average molecular weight is 499 g/mol. The van der Waals surface area contributed by atoms with E-state index < -0.39 is 0 Å². The van der Waals surface area contributed by atoms with E-state index in [1.807, 2.05) is 0 Å². The normalized spacial score (nSPS) is 18.1. The SMILES string of the molecule is CCCN1CCC(NC(=NC)NCCN2C(=O)c3ccccc3C2=O)CC1.I. The maximum absolute atomic E-state index is 12.4. The van der Waals surface area contributed by atoms with Crippen LogP contribution in [0.5, 0.6) is 0 Å². The number of carbonyl (C=O) groups excluding carboxylic acids is 2. The van der Waals surface area contributed by atoms with E-state index in [9.17, 15) is 9.59 Å². The van der Waals surface area contributed by atoms with Gasteiger partial charge in [-0.05, 0) is 37.9 Å². The van der Waals surface area contributed by atoms with E-state index >= 15 is 0 Å². The maximum Gasteiger partial charge on any atom is 0.261 e. The Labute approximate surface area is 184 Å². The van der Waals surface area contributed by atoms with Gasteiger partial charge >= 0.3 is 0 Å². The molecule has 0 atom stereocenters. The Morgan fingerprint density at radius 2 is 1.71 bits per heavy atom. The van der Waals surface area contributed by atoms with Gasteiger partial charge in [0.25, 0.3) is 11.8 Å². The second-order valence-corrected chi connectivity index (χ2v) is 7.07. The number of halogens is 1. The molecule has 1 fully saturated rings. The molecule has 2 aliphatic rings. The molecule has 28 heavy (non-hydrogen) atoms. The van der Waals surface area contributed by atoms with E-state index in [1.54, 1.807) is 31.3 Å². The maximum atomic E-state index is 12.4. The first-order valence-corrected chi connectivity index (χ1v) is 9.78. The van der Waals surface area contributed by atoms with Crippen LogP contribution in [0.25, 0.3) is 0 Å². The molecular formula is C20H30IN5O2. The van der Waals surface area contributed by atoms with Gasteiger partial charge in [0.2, 0.25) is 0 Å². The quantitative estimate of drug-likeness (QED) is 0.271. The zero-order valence-corrected chi connectivity index (χ0v) is 18.9. The third-order valence-electron chi connectivity index (χ3n) is 5.20. The summed E-state index contributed by atoms with van der Waals surface area (Å²) in [6.45, 7) is 6.39. The van der Waals surface area contributed by atoms with Crippen LogP contribution in [-0.2, 0) is 0 Å². The molecule has 1 saturated heterocycles. The standard InChI is InChI=1S/C20H29N5O2.HI/c1-3-11-24-12-8-15(9-13-24)23-20(21-2)22-10-14-25-18(26)16-6-4-5-7-17(16)19(25)27;/h4-7,15H,3,8-14H2,1-2H3,(H2,21,22,23);1H. The molecule has 0 bridgehead atoms. The van der Waals surface area contributed by atoms with Crippen LogP contribution in [0.2, 0.25) is 0 Å². The summed E-state index contributed by atoms with van der Waals surface area (Å²) in [6.07, 6.45) is 3.39. The highest BCUT2D eigenvalue weighted by molar-refractivity contribution is 14.0. The molecule has 3 rings (SSSR count). The minimum absolute atomic E-state index is 0. The summed E-state index contributed by atoms with van der Waals surface area (Å²) in [6, 6.07) is 7.37. The zero-order valence-electron chi connectivity index (χ0n) is 16.6. The van der Waals surface area contributed by atoms with Crippen molar-refractivity contribution in [2.75, 3.05) is 39.8 Å². The number of piperidine rings is 1. The number of fused-ring (bicyclic) bond motifs is 1. The molecule has 0 aliphatic carbocycles. The fourth-order valence-corrected chi connectivity index (χ4v) is 3.73. The number of guanidine groups is 1. The highest BCUT2D eigenvalue weighted by atomic mass is 127. The lowest BCUT2D eigenvalue weighted by atomic mass is 10.1. The van der Waals surface area contributed by atoms with Crippen molar-refractivity contribution < 1.29 is 9.59 Å². The number of carbonyl (C=O) groups is 2. The number of amides is 2. The van der Waals surface area contributed by atoms with Crippen molar-refractivity contribution in [1.29, 1.82) is 0 Å². The molecule has 0 radical (unpaired) electrons. The van der Waals surface area contributed by atoms with E-state index in [4.69, 9.17) is 0 Å². The lowest BCUT2D eigenvalue weighted by Gasteiger charge is -2.32. The minimum Gasteiger partial charge on any atom is -0.355 e. The van der Waals surface area contributed by atoms with Crippen molar-refractivity contribution >= 4 is 41.8 Å². The van der Waals surface area contributed by atoms with Gasteiger partial charge in [-0.25, -0.2) is 0 Å². The molecule has 0 spiro atoms. The molecule has 2 N–H and O–H groups in total. The Morgan fingerprint density at radius 1 is 1.11 bits per heavy atom. The second kappa shape index (κ2) is 10.8. The summed E-state index contributed by atoms with van der Waals surface area (Å²) in [5.74, 6) is 0.285. The third-order valence-corrected chi connectivity index (χ3v) is 5.20. The highest BCUT2D eigenvalue weighted by Gasteiger charge is 2.34. The van der Waals surface area contributed by atoms with Gasteiger partial charge < -0.3 is 15.5 Å². The van der Waals surface area contributed by atoms with Crippen molar-refractivity contribution in [1.82, 2.24) is 20.4 Å². The Bertz CT molecular complexity index is 681. The molecule has 2 amide bonds. The summed E-state index contributed by atoms with van der Waals surface area (Å²) in [4.78, 5) is 32.8. The first-order chi connectivity index (χ1) is 13.1. The molecule has 154 valence electrons. The summed E-state index contributed by atoms with van der Waals surface area (Å²) in [7, 11) is 1.74. The molecule has 0 aromatic heterocycles. The average Bonchev–Trinajstić information content (AvgIpc) is 2.94. The van der Waals surface area contributed by atoms with Gasteiger partial charge in [-0.1, -0.05) is 19.1 Å². The molecule has 0 unspecified atom stereocenters. The minimum atomic E-state index is -0.219. The van der Waals surface area contributed by atoms with E-state index in [0.29, 0.717) is 30.3 Å². The number of hydrogen-bond acceptors (Lipinski definition) is 4. The van der Waals surface area contributed by atoms with E-state index in [1.165, 1.54) is 17.9 Å². The lowest BCUT2D eigenvalue weighted by Crippen LogP contribution is -2.50. The molecule has 1 aromatic carbocycles. The van der Waals surface area contributed by atoms with Gasteiger partial charge in [0, 0.05) is 39.3 Å². The van der Waals surface area contributed by atoms with Gasteiger partial charge in [-0.15, -0.1) is 24.0 Å². The first kappa shape index (κ1) is 22.6. The van der Waals surface area contributed by atoms with Gasteiger partial charge in [0.1, 0.15) is 0 Å². The zero-order chi connectivity index (χ0) is 19.2. The van der Waals surface area contributed by atoms with Crippen molar-refractivity contribution in [3.05, 3.63) is 35.4 Å². The van der Waals surface area contributed by atoms with Crippen molar-refractivity contribution in [3.63, 3.8) is 0 Å². The number of nitrogens with one attached hydrogen (secondary N) is 2. The molecular weight excluding hydrogens is 469 g/mol. The van der Waals surface area contributed by atoms with Crippen LogP contribution in [0.1, 0.15) is 46.9 Å². The Balaban J connectivity index is 0.00000280. The first-order valence-electron chi connectivity index (χ1n) is 9.78. The Hall–Kier alpha value is -1.68. The molecule has 1 aromatic rings. The number of likely N-dealkylation sites (tertiary alicyclic amines) is 1. The fourth-order valence-electron chi connectivity index (χ4n) is 3.73. The van der Waals surface area contributed by atoms with Crippen LogP contribution in [0.3, 0.4) is 0 Å². The summed E-state index contributed by atoms with van der Waals surface area (Å²) >= 11 is 0. The van der Waals surface area contributed by atoms with Crippen LogP contribution in [-0.4, -0.2) is 73.4 Å². The molecule has 0 saturated carbocycles. The number of imide groups is 1. The lowest BCUT2D eigenvalue weighted by molar-refractivity contribution is 0.0657. The number of nitrogens with zero attached hydrogens (tertiary/aromatic N) is 3. The van der Waals surface area contributed by atoms with Crippen molar-refractivity contribution in [2.45, 2.75) is 32.2 Å². The molecule has 2 aliphatic heterocycles. The summed E-state index contributed by atoms with van der Waals surface area (Å²) < 4.78 is 0. The largest absolute Gasteiger partial charge is 0.355 e. The molecule has 7 nitrogen and oxygen atoms in total. The number of rotatable bonds is 6. The van der Waals surface area contributed by atoms with Gasteiger partial charge in [0.15, 0.2) is 5.96 Å². The van der Waals surface area contributed by atoms with Crippen LogP contribution < -0.4 is 10.6 Å². The number of benzene rings is 1. The van der Waals surface area contributed by atoms with Gasteiger partial charge in [0.05, 0.1) is 11.1 Å². The highest BCUT2D eigenvalue weighted by Crippen LogP contribution is 2.21. The van der Waals surface area contributed by atoms with Crippen LogP contribution in [0, 0.1) is 0 Å². The van der Waals surface area contributed by atoms with Crippen molar-refractivity contribution in [2.24, 2.45) is 4.99 Å². The van der Waals surface area contributed by atoms with Crippen LogP contribution >= 0.6 is 24.0 Å². The van der Waals surface area contributed by atoms with E-state index in [0.717, 1.165) is 31.9 Å². The topological polar surface area (TPSA) is 77.0 Å². The third kappa shape index (κ3) is 5.22. The smallest absolute Gasteiger partial charge is 0.261 e. The summed E-state index contributed by atoms with van der Waals surface area (Å²) in [5.41, 5.74) is 0.979. The van der Waals surface area contributed by atoms with Crippen molar-refractivity contribution in [3.8, 4) is 0 Å². The van der Waals surface area contributed by atoms with Gasteiger partial charge in [-0.3, -0.25) is 19.5 Å². The van der Waals surface area contributed by atoms with E-state index in [2.05, 4.69) is 27.4 Å². The van der Waals surface area contributed by atoms with Crippen LogP contribution in [0.15, 0.2) is 29.3 Å². The molecule has 8 heteroatoms. The Kier molecular flexibility index (Phi) is 8.68. The fraction of sp³-hybridized carbons (Fsp3) is 0.550. The van der Waals surface area contributed by atoms with Gasteiger partial charge in [-0.2, -0.15) is 0 Å². The van der Waals surface area contributed by atoms with E-state index in [-0.39, 0.29) is 35.8 Å². The number of aliphatic imine (C=N–C) groups is 1. The van der Waals surface area contributed by atoms with Crippen LogP contribution in [0.4, 0.5) is 0 Å². The predicted molar refractivity (Wildman–Crippen MR) is 121 cm³/mol. The number of hydrogen-bond donors (Lipinski definition) is 2. The molecule has 2 heterocycles. The summed E-state index contributed by atoms with van der Waals surface area (Å²) in [5, 5.41) is 6.68. The second-order valence-electron chi connectivity index (χ2n) is 7.07.